The van der Waals surface area contributed by atoms with Crippen LogP contribution in [-0.2, 0) is 18.9 Å². The van der Waals surface area contributed by atoms with Crippen molar-refractivity contribution >= 4 is 7.85 Å². The van der Waals surface area contributed by atoms with Gasteiger partial charge in [-0.05, 0) is 0 Å². The Morgan fingerprint density at radius 1 is 1.67 bits per heavy atom. The summed E-state index contributed by atoms with van der Waals surface area (Å²) in [4.78, 5) is 0. The molecule has 6 heteroatoms. The standard InChI is InChI=1S/C9H14BNO4/c1-3-13-6-5-7(10)15-9(6,4-12-2)8(11)14-5/h3,5-8H,1,4,11H2,2H3. The summed E-state index contributed by atoms with van der Waals surface area (Å²) in [6.07, 6.45) is 0.0190. The van der Waals surface area contributed by atoms with E-state index in [4.69, 9.17) is 32.5 Å². The summed E-state index contributed by atoms with van der Waals surface area (Å²) in [7, 11) is 7.31. The molecule has 2 fully saturated rings. The number of hydrogen-bond donors (Lipinski definition) is 1. The Morgan fingerprint density at radius 2 is 2.40 bits per heavy atom. The summed E-state index contributed by atoms with van der Waals surface area (Å²) < 4.78 is 21.5. The molecule has 5 nitrogen and oxygen atoms in total. The highest BCUT2D eigenvalue weighted by molar-refractivity contribution is 6.11. The molecule has 2 aliphatic rings. The zero-order valence-electron chi connectivity index (χ0n) is 8.59. The van der Waals surface area contributed by atoms with Crippen molar-refractivity contribution in [1.82, 2.24) is 0 Å². The van der Waals surface area contributed by atoms with Gasteiger partial charge in [0, 0.05) is 13.1 Å². The van der Waals surface area contributed by atoms with Gasteiger partial charge in [0.2, 0.25) is 0 Å². The van der Waals surface area contributed by atoms with Gasteiger partial charge in [0.1, 0.15) is 20.2 Å². The van der Waals surface area contributed by atoms with Crippen molar-refractivity contribution in [3.8, 4) is 0 Å². The molecular weight excluding hydrogens is 197 g/mol. The predicted molar refractivity (Wildman–Crippen MR) is 53.2 cm³/mol. The fraction of sp³-hybridized carbons (Fsp3) is 0.778. The van der Waals surface area contributed by atoms with Gasteiger partial charge in [0.15, 0.2) is 11.7 Å². The number of methoxy groups -OCH3 is 1. The highest BCUT2D eigenvalue weighted by Gasteiger charge is 2.65. The summed E-state index contributed by atoms with van der Waals surface area (Å²) >= 11 is 0. The van der Waals surface area contributed by atoms with Crippen LogP contribution in [0.25, 0.3) is 0 Å². The topological polar surface area (TPSA) is 62.9 Å². The van der Waals surface area contributed by atoms with Gasteiger partial charge in [-0.2, -0.15) is 0 Å². The van der Waals surface area contributed by atoms with Crippen molar-refractivity contribution < 1.29 is 18.9 Å². The van der Waals surface area contributed by atoms with Gasteiger partial charge in [-0.1, -0.05) is 6.58 Å². The Balaban J connectivity index is 2.25. The zero-order valence-corrected chi connectivity index (χ0v) is 8.59. The Bertz CT molecular complexity index is 264. The van der Waals surface area contributed by atoms with E-state index in [0.717, 1.165) is 0 Å². The summed E-state index contributed by atoms with van der Waals surface area (Å²) in [6, 6.07) is -0.537. The van der Waals surface area contributed by atoms with E-state index in [1.165, 1.54) is 6.26 Å². The van der Waals surface area contributed by atoms with Crippen LogP contribution < -0.4 is 5.73 Å². The van der Waals surface area contributed by atoms with Crippen molar-refractivity contribution in [2.45, 2.75) is 30.0 Å². The Kier molecular flexibility index (Phi) is 2.76. The smallest absolute Gasteiger partial charge is 0.169 e. The average molecular weight is 211 g/mol. The molecule has 0 saturated carbocycles. The Morgan fingerprint density at radius 3 is 3.00 bits per heavy atom. The number of hydrogen-bond acceptors (Lipinski definition) is 5. The van der Waals surface area contributed by atoms with Crippen molar-refractivity contribution in [2.75, 3.05) is 13.7 Å². The molecular formula is C9H14BNO4. The molecule has 0 spiro atoms. The monoisotopic (exact) mass is 211 g/mol. The second-order valence-electron chi connectivity index (χ2n) is 3.72. The summed E-state index contributed by atoms with van der Waals surface area (Å²) in [5.41, 5.74) is 5.00. The summed E-state index contributed by atoms with van der Waals surface area (Å²) in [6.45, 7) is 3.78. The number of rotatable bonds is 4. The molecule has 2 saturated heterocycles. The quantitative estimate of drug-likeness (QED) is 0.482. The molecule has 2 aliphatic heterocycles. The molecule has 2 rings (SSSR count). The van der Waals surface area contributed by atoms with Crippen LogP contribution in [0.2, 0.25) is 0 Å². The minimum atomic E-state index is -0.826. The van der Waals surface area contributed by atoms with E-state index in [9.17, 15) is 0 Å². The van der Waals surface area contributed by atoms with Gasteiger partial charge < -0.3 is 24.7 Å². The third kappa shape index (κ3) is 1.40. The minimum absolute atomic E-state index is 0.275. The van der Waals surface area contributed by atoms with Gasteiger partial charge in [0.25, 0.3) is 0 Å². The molecule has 2 N–H and O–H groups in total. The van der Waals surface area contributed by atoms with E-state index < -0.39 is 17.8 Å². The molecule has 2 bridgehead atoms. The Hall–Kier alpha value is -0.555. The van der Waals surface area contributed by atoms with E-state index in [-0.39, 0.29) is 18.8 Å². The van der Waals surface area contributed by atoms with Crippen molar-refractivity contribution in [3.05, 3.63) is 12.8 Å². The average Bonchev–Trinajstić information content (AvgIpc) is 2.57. The molecule has 0 aromatic carbocycles. The van der Waals surface area contributed by atoms with Gasteiger partial charge in [-0.3, -0.25) is 0 Å². The molecule has 5 atom stereocenters. The highest BCUT2D eigenvalue weighted by atomic mass is 16.7. The fourth-order valence-corrected chi connectivity index (χ4v) is 2.22. The molecule has 15 heavy (non-hydrogen) atoms. The van der Waals surface area contributed by atoms with Crippen LogP contribution in [0.4, 0.5) is 0 Å². The lowest BCUT2D eigenvalue weighted by Crippen LogP contribution is -2.56. The summed E-state index contributed by atoms with van der Waals surface area (Å²) in [5.74, 6) is 0. The van der Waals surface area contributed by atoms with Crippen LogP contribution in [0.3, 0.4) is 0 Å². The molecule has 5 unspecified atom stereocenters. The van der Waals surface area contributed by atoms with E-state index in [0.29, 0.717) is 0 Å². The lowest BCUT2D eigenvalue weighted by Gasteiger charge is -2.34. The second kappa shape index (κ2) is 3.79. The van der Waals surface area contributed by atoms with Crippen LogP contribution in [0, 0.1) is 0 Å². The van der Waals surface area contributed by atoms with Crippen LogP contribution in [0.5, 0.6) is 0 Å². The predicted octanol–water partition coefficient (Wildman–Crippen LogP) is -0.891. The van der Waals surface area contributed by atoms with Gasteiger partial charge in [-0.25, -0.2) is 0 Å². The third-order valence-electron chi connectivity index (χ3n) is 2.86. The lowest BCUT2D eigenvalue weighted by molar-refractivity contribution is -0.181. The first kappa shape index (κ1) is 10.9. The van der Waals surface area contributed by atoms with E-state index in [1.807, 2.05) is 0 Å². The van der Waals surface area contributed by atoms with Crippen molar-refractivity contribution in [3.63, 3.8) is 0 Å². The number of ether oxygens (including phenoxy) is 4. The molecule has 2 radical (unpaired) electrons. The van der Waals surface area contributed by atoms with Crippen LogP contribution in [-0.4, -0.2) is 51.6 Å². The van der Waals surface area contributed by atoms with E-state index in [1.54, 1.807) is 7.11 Å². The minimum Gasteiger partial charge on any atom is -0.493 e. The van der Waals surface area contributed by atoms with Gasteiger partial charge >= 0.3 is 0 Å². The third-order valence-corrected chi connectivity index (χ3v) is 2.86. The molecule has 82 valence electrons. The lowest BCUT2D eigenvalue weighted by atomic mass is 9.91. The van der Waals surface area contributed by atoms with Gasteiger partial charge in [-0.15, -0.1) is 0 Å². The number of fused-ring (bicyclic) bond motifs is 2. The molecule has 0 aliphatic carbocycles. The van der Waals surface area contributed by atoms with Gasteiger partial charge in [0.05, 0.1) is 12.9 Å². The van der Waals surface area contributed by atoms with Crippen LogP contribution >= 0.6 is 0 Å². The normalized spacial score (nSPS) is 48.1. The Labute approximate surface area is 89.9 Å². The highest BCUT2D eigenvalue weighted by Crippen LogP contribution is 2.43. The molecule has 0 aromatic rings. The van der Waals surface area contributed by atoms with Crippen molar-refractivity contribution in [1.29, 1.82) is 0 Å². The van der Waals surface area contributed by atoms with E-state index in [2.05, 4.69) is 6.58 Å². The second-order valence-corrected chi connectivity index (χ2v) is 3.72. The zero-order chi connectivity index (χ0) is 11.1. The number of nitrogens with two attached hydrogens (primary N) is 1. The molecule has 0 amide bonds. The van der Waals surface area contributed by atoms with Crippen molar-refractivity contribution in [2.24, 2.45) is 5.73 Å². The molecule has 2 heterocycles. The fourth-order valence-electron chi connectivity index (χ4n) is 2.22. The first-order chi connectivity index (χ1) is 7.15. The summed E-state index contributed by atoms with van der Waals surface area (Å²) in [5, 5.41) is 0. The van der Waals surface area contributed by atoms with E-state index >= 15 is 0 Å². The largest absolute Gasteiger partial charge is 0.493 e. The van der Waals surface area contributed by atoms with Crippen LogP contribution in [0.1, 0.15) is 0 Å². The van der Waals surface area contributed by atoms with Crippen LogP contribution in [0.15, 0.2) is 12.8 Å². The maximum absolute atomic E-state index is 5.83. The SMILES string of the molecule is [B]C1OC2(COC)C(N)OC1C2OC=C. The molecule has 0 aromatic heterocycles. The maximum Gasteiger partial charge on any atom is 0.169 e. The maximum atomic E-state index is 5.83. The first-order valence-electron chi connectivity index (χ1n) is 4.75. The first-order valence-corrected chi connectivity index (χ1v) is 4.75.